The number of carbonyl (C=O) groups excluding carboxylic acids is 2. The fraction of sp³-hybridized carbons (Fsp3) is 0.273. The first-order chi connectivity index (χ1) is 14.1. The quantitative estimate of drug-likeness (QED) is 0.496. The smallest absolute Gasteiger partial charge is 0.278 e. The van der Waals surface area contributed by atoms with Crippen LogP contribution in [-0.2, 0) is 14.3 Å². The number of rotatable bonds is 9. The molecule has 0 unspecified atom stereocenters. The predicted octanol–water partition coefficient (Wildman–Crippen LogP) is 3.97. The highest BCUT2D eigenvalue weighted by molar-refractivity contribution is 6.37. The van der Waals surface area contributed by atoms with Crippen LogP contribution in [0.3, 0.4) is 0 Å². The van der Waals surface area contributed by atoms with E-state index < -0.39 is 0 Å². The SMILES string of the molecule is CCOCCCN1C(=O)C(Nc2ccccc2OC)=C(c2ccc(Cl)cc2)C1=O. The lowest BCUT2D eigenvalue weighted by Gasteiger charge is -2.15. The number of halogens is 1. The molecular formula is C22H23ClN2O4. The number of carbonyl (C=O) groups is 2. The second kappa shape index (κ2) is 9.58. The van der Waals surface area contributed by atoms with Gasteiger partial charge in [-0.2, -0.15) is 0 Å². The Morgan fingerprint density at radius 2 is 1.76 bits per heavy atom. The lowest BCUT2D eigenvalue weighted by Crippen LogP contribution is -2.34. The van der Waals surface area contributed by atoms with Crippen molar-refractivity contribution in [2.75, 3.05) is 32.2 Å². The molecule has 0 spiro atoms. The van der Waals surface area contributed by atoms with Crippen LogP contribution in [0, 0.1) is 0 Å². The van der Waals surface area contributed by atoms with E-state index in [1.54, 1.807) is 43.5 Å². The number of nitrogens with one attached hydrogen (secondary N) is 1. The molecule has 0 radical (unpaired) electrons. The fourth-order valence-corrected chi connectivity index (χ4v) is 3.26. The molecule has 6 nitrogen and oxygen atoms in total. The Hall–Kier alpha value is -2.83. The van der Waals surface area contributed by atoms with Crippen molar-refractivity contribution in [1.29, 1.82) is 0 Å². The van der Waals surface area contributed by atoms with Gasteiger partial charge in [0.2, 0.25) is 0 Å². The Morgan fingerprint density at radius 3 is 2.45 bits per heavy atom. The Labute approximate surface area is 175 Å². The molecule has 2 aromatic rings. The number of nitrogens with zero attached hydrogens (tertiary/aromatic N) is 1. The molecule has 152 valence electrons. The maximum absolute atomic E-state index is 13.1. The van der Waals surface area contributed by atoms with Gasteiger partial charge in [-0.3, -0.25) is 14.5 Å². The van der Waals surface area contributed by atoms with E-state index in [0.717, 1.165) is 0 Å². The molecule has 0 atom stereocenters. The Morgan fingerprint density at radius 1 is 1.03 bits per heavy atom. The van der Waals surface area contributed by atoms with Gasteiger partial charge >= 0.3 is 0 Å². The van der Waals surface area contributed by atoms with E-state index in [1.165, 1.54) is 4.90 Å². The lowest BCUT2D eigenvalue weighted by atomic mass is 10.0. The summed E-state index contributed by atoms with van der Waals surface area (Å²) in [6, 6.07) is 14.1. The van der Waals surface area contributed by atoms with E-state index in [9.17, 15) is 9.59 Å². The summed E-state index contributed by atoms with van der Waals surface area (Å²) in [4.78, 5) is 27.5. The molecule has 2 aromatic carbocycles. The van der Waals surface area contributed by atoms with Crippen LogP contribution >= 0.6 is 11.6 Å². The van der Waals surface area contributed by atoms with Crippen LogP contribution in [0.1, 0.15) is 18.9 Å². The minimum atomic E-state index is -0.373. The topological polar surface area (TPSA) is 67.9 Å². The molecule has 0 saturated heterocycles. The van der Waals surface area contributed by atoms with Crippen molar-refractivity contribution in [3.63, 3.8) is 0 Å². The van der Waals surface area contributed by atoms with Gasteiger partial charge in [0.1, 0.15) is 11.4 Å². The lowest BCUT2D eigenvalue weighted by molar-refractivity contribution is -0.137. The Bertz CT molecular complexity index is 925. The molecular weight excluding hydrogens is 392 g/mol. The van der Waals surface area contributed by atoms with Crippen molar-refractivity contribution in [3.05, 3.63) is 64.8 Å². The molecule has 0 aromatic heterocycles. The minimum Gasteiger partial charge on any atom is -0.495 e. The second-order valence-corrected chi connectivity index (χ2v) is 6.83. The van der Waals surface area contributed by atoms with Gasteiger partial charge in [-0.25, -0.2) is 0 Å². The van der Waals surface area contributed by atoms with E-state index in [1.807, 2.05) is 19.1 Å². The van der Waals surface area contributed by atoms with E-state index in [-0.39, 0.29) is 24.1 Å². The highest BCUT2D eigenvalue weighted by Gasteiger charge is 2.39. The van der Waals surface area contributed by atoms with E-state index in [0.29, 0.717) is 47.2 Å². The molecule has 1 N–H and O–H groups in total. The first-order valence-corrected chi connectivity index (χ1v) is 9.78. The van der Waals surface area contributed by atoms with Crippen LogP contribution in [-0.4, -0.2) is 43.6 Å². The summed E-state index contributed by atoms with van der Waals surface area (Å²) in [5.41, 5.74) is 1.76. The summed E-state index contributed by atoms with van der Waals surface area (Å²) in [7, 11) is 1.55. The van der Waals surface area contributed by atoms with Gasteiger partial charge in [0.15, 0.2) is 0 Å². The highest BCUT2D eigenvalue weighted by atomic mass is 35.5. The van der Waals surface area contributed by atoms with Crippen LogP contribution in [0.5, 0.6) is 5.75 Å². The van der Waals surface area contributed by atoms with Gasteiger partial charge in [0, 0.05) is 24.8 Å². The summed E-state index contributed by atoms with van der Waals surface area (Å²) in [6.45, 7) is 3.27. The first-order valence-electron chi connectivity index (χ1n) is 9.41. The summed E-state index contributed by atoms with van der Waals surface area (Å²) >= 11 is 5.99. The molecule has 2 amide bonds. The third kappa shape index (κ3) is 4.60. The zero-order chi connectivity index (χ0) is 20.8. The summed E-state index contributed by atoms with van der Waals surface area (Å²) in [5, 5.41) is 3.67. The number of benzene rings is 2. The predicted molar refractivity (Wildman–Crippen MR) is 113 cm³/mol. The number of amides is 2. The van der Waals surface area contributed by atoms with Crippen LogP contribution in [0.4, 0.5) is 5.69 Å². The third-order valence-corrected chi connectivity index (χ3v) is 4.79. The molecule has 29 heavy (non-hydrogen) atoms. The van der Waals surface area contributed by atoms with Crippen molar-refractivity contribution < 1.29 is 19.1 Å². The van der Waals surface area contributed by atoms with Crippen molar-refractivity contribution in [2.45, 2.75) is 13.3 Å². The number of para-hydroxylation sites is 2. The number of hydrogen-bond acceptors (Lipinski definition) is 5. The zero-order valence-corrected chi connectivity index (χ0v) is 17.2. The van der Waals surface area contributed by atoms with Crippen molar-refractivity contribution in [2.24, 2.45) is 0 Å². The number of hydrogen-bond donors (Lipinski definition) is 1. The average Bonchev–Trinajstić information content (AvgIpc) is 2.96. The molecule has 7 heteroatoms. The Balaban J connectivity index is 1.96. The van der Waals surface area contributed by atoms with Crippen LogP contribution < -0.4 is 10.1 Å². The maximum Gasteiger partial charge on any atom is 0.278 e. The number of anilines is 1. The fourth-order valence-electron chi connectivity index (χ4n) is 3.13. The minimum absolute atomic E-state index is 0.221. The second-order valence-electron chi connectivity index (χ2n) is 6.39. The normalized spacial score (nSPS) is 14.0. The Kier molecular flexibility index (Phi) is 6.90. The molecule has 0 bridgehead atoms. The summed E-state index contributed by atoms with van der Waals surface area (Å²) < 4.78 is 10.7. The van der Waals surface area contributed by atoms with Gasteiger partial charge in [-0.1, -0.05) is 35.9 Å². The molecule has 1 heterocycles. The van der Waals surface area contributed by atoms with Crippen LogP contribution in [0.25, 0.3) is 5.57 Å². The highest BCUT2D eigenvalue weighted by Crippen LogP contribution is 2.33. The van der Waals surface area contributed by atoms with Gasteiger partial charge in [-0.15, -0.1) is 0 Å². The number of imide groups is 1. The average molecular weight is 415 g/mol. The van der Waals surface area contributed by atoms with Crippen molar-refractivity contribution >= 4 is 34.7 Å². The van der Waals surface area contributed by atoms with Crippen molar-refractivity contribution in [1.82, 2.24) is 4.90 Å². The number of methoxy groups -OCH3 is 1. The van der Waals surface area contributed by atoms with Crippen LogP contribution in [0.2, 0.25) is 5.02 Å². The summed E-state index contributed by atoms with van der Waals surface area (Å²) in [5.74, 6) is -0.140. The van der Waals surface area contributed by atoms with E-state index in [4.69, 9.17) is 21.1 Å². The van der Waals surface area contributed by atoms with Crippen LogP contribution in [0.15, 0.2) is 54.2 Å². The van der Waals surface area contributed by atoms with E-state index in [2.05, 4.69) is 5.32 Å². The zero-order valence-electron chi connectivity index (χ0n) is 16.4. The summed E-state index contributed by atoms with van der Waals surface area (Å²) in [6.07, 6.45) is 0.571. The van der Waals surface area contributed by atoms with E-state index >= 15 is 0 Å². The standard InChI is InChI=1S/C22H23ClN2O4/c1-3-29-14-6-13-25-21(26)19(15-9-11-16(23)12-10-15)20(22(25)27)24-17-7-4-5-8-18(17)28-2/h4-5,7-12,24H,3,6,13-14H2,1-2H3. The number of ether oxygens (including phenoxy) is 2. The van der Waals surface area contributed by atoms with Gasteiger partial charge in [-0.05, 0) is 43.2 Å². The molecule has 0 saturated carbocycles. The molecule has 0 aliphatic carbocycles. The van der Waals surface area contributed by atoms with Gasteiger partial charge in [0.05, 0.1) is 18.4 Å². The molecule has 3 rings (SSSR count). The first kappa shape index (κ1) is 20.9. The largest absolute Gasteiger partial charge is 0.495 e. The molecule has 1 aliphatic rings. The third-order valence-electron chi connectivity index (χ3n) is 4.54. The van der Waals surface area contributed by atoms with Gasteiger partial charge < -0.3 is 14.8 Å². The van der Waals surface area contributed by atoms with Crippen molar-refractivity contribution in [3.8, 4) is 5.75 Å². The monoisotopic (exact) mass is 414 g/mol. The molecule has 1 aliphatic heterocycles. The van der Waals surface area contributed by atoms with Gasteiger partial charge in [0.25, 0.3) is 11.8 Å². The molecule has 0 fully saturated rings. The maximum atomic E-state index is 13.1.